The van der Waals surface area contributed by atoms with Crippen molar-refractivity contribution < 1.29 is 19.2 Å². The number of nitrogens with zero attached hydrogens (tertiary/aromatic N) is 1. The van der Waals surface area contributed by atoms with E-state index in [4.69, 9.17) is 0 Å². The normalized spacial score (nSPS) is 13.7. The van der Waals surface area contributed by atoms with E-state index in [9.17, 15) is 19.7 Å². The van der Waals surface area contributed by atoms with E-state index in [-0.39, 0.29) is 17.2 Å². The summed E-state index contributed by atoms with van der Waals surface area (Å²) in [5, 5.41) is 13.6. The van der Waals surface area contributed by atoms with Crippen LogP contribution in [0.15, 0.2) is 18.2 Å². The molecule has 7 heteroatoms. The van der Waals surface area contributed by atoms with E-state index in [0.717, 1.165) is 18.9 Å². The summed E-state index contributed by atoms with van der Waals surface area (Å²) in [6.07, 6.45) is 1.78. The number of methoxy groups -OCH3 is 1. The lowest BCUT2D eigenvalue weighted by Crippen LogP contribution is -2.26. The van der Waals surface area contributed by atoms with Crippen LogP contribution in [0.25, 0.3) is 0 Å². The highest BCUT2D eigenvalue weighted by Crippen LogP contribution is 2.24. The molecule has 0 spiro atoms. The first-order valence-corrected chi connectivity index (χ1v) is 5.70. The molecule has 1 aliphatic carbocycles. The second kappa shape index (κ2) is 5.05. The smallest absolute Gasteiger partial charge is 0.338 e. The average Bonchev–Trinajstić information content (AvgIpc) is 3.20. The molecule has 1 fully saturated rings. The molecule has 1 saturated carbocycles. The minimum atomic E-state index is -0.686. The monoisotopic (exact) mass is 264 g/mol. The number of rotatable bonds is 4. The van der Waals surface area contributed by atoms with E-state index < -0.39 is 22.5 Å². The number of nitro groups is 1. The zero-order valence-electron chi connectivity index (χ0n) is 10.2. The standard InChI is InChI=1S/C12H12N2O5/c1-19-12(16)7-2-5-9(10(6-7)14(17)18)11(15)13-8-3-4-8/h2,5-6,8H,3-4H2,1H3,(H,13,15). The summed E-state index contributed by atoms with van der Waals surface area (Å²) in [5.41, 5.74) is -0.414. The molecule has 100 valence electrons. The molecule has 0 unspecified atom stereocenters. The van der Waals surface area contributed by atoms with Crippen LogP contribution in [-0.4, -0.2) is 30.0 Å². The molecule has 1 aliphatic rings. The van der Waals surface area contributed by atoms with Gasteiger partial charge in [-0.1, -0.05) is 0 Å². The van der Waals surface area contributed by atoms with Gasteiger partial charge < -0.3 is 10.1 Å². The molecule has 1 N–H and O–H groups in total. The Morgan fingerprint density at radius 2 is 2.11 bits per heavy atom. The molecule has 2 rings (SSSR count). The van der Waals surface area contributed by atoms with Crippen LogP contribution in [0, 0.1) is 10.1 Å². The molecule has 0 heterocycles. The Bertz CT molecular complexity index is 551. The number of nitro benzene ring substituents is 1. The van der Waals surface area contributed by atoms with E-state index in [2.05, 4.69) is 10.1 Å². The van der Waals surface area contributed by atoms with Crippen LogP contribution in [0.3, 0.4) is 0 Å². The maximum absolute atomic E-state index is 11.8. The lowest BCUT2D eigenvalue weighted by atomic mass is 10.1. The number of carbonyl (C=O) groups is 2. The first-order chi connectivity index (χ1) is 9.02. The van der Waals surface area contributed by atoms with Crippen LogP contribution >= 0.6 is 0 Å². The highest BCUT2D eigenvalue weighted by Gasteiger charge is 2.28. The van der Waals surface area contributed by atoms with E-state index in [1.807, 2.05) is 0 Å². The fourth-order valence-electron chi connectivity index (χ4n) is 1.61. The first-order valence-electron chi connectivity index (χ1n) is 5.70. The van der Waals surface area contributed by atoms with Gasteiger partial charge in [-0.3, -0.25) is 14.9 Å². The third kappa shape index (κ3) is 2.87. The zero-order chi connectivity index (χ0) is 14.0. The van der Waals surface area contributed by atoms with Crippen LogP contribution < -0.4 is 5.32 Å². The largest absolute Gasteiger partial charge is 0.465 e. The van der Waals surface area contributed by atoms with E-state index in [0.29, 0.717) is 0 Å². The van der Waals surface area contributed by atoms with E-state index in [1.54, 1.807) is 0 Å². The summed E-state index contributed by atoms with van der Waals surface area (Å²) in [4.78, 5) is 33.4. The minimum absolute atomic E-state index is 0.0390. The highest BCUT2D eigenvalue weighted by molar-refractivity contribution is 6.00. The summed E-state index contributed by atoms with van der Waals surface area (Å²) >= 11 is 0. The van der Waals surface area contributed by atoms with Crippen LogP contribution in [-0.2, 0) is 4.74 Å². The minimum Gasteiger partial charge on any atom is -0.465 e. The summed E-state index contributed by atoms with van der Waals surface area (Å²) < 4.78 is 4.48. The van der Waals surface area contributed by atoms with Gasteiger partial charge in [0, 0.05) is 12.1 Å². The number of ether oxygens (including phenoxy) is 1. The molecule has 0 radical (unpaired) electrons. The Kier molecular flexibility index (Phi) is 3.46. The predicted molar refractivity (Wildman–Crippen MR) is 64.9 cm³/mol. The van der Waals surface area contributed by atoms with Gasteiger partial charge in [0.25, 0.3) is 11.6 Å². The molecular weight excluding hydrogens is 252 g/mol. The van der Waals surface area contributed by atoms with Crippen LogP contribution in [0.2, 0.25) is 0 Å². The maximum atomic E-state index is 11.8. The van der Waals surface area contributed by atoms with Crippen molar-refractivity contribution in [3.05, 3.63) is 39.4 Å². The second-order valence-corrected chi connectivity index (χ2v) is 4.23. The Morgan fingerprint density at radius 3 is 2.63 bits per heavy atom. The predicted octanol–water partition coefficient (Wildman–Crippen LogP) is 1.27. The fraction of sp³-hybridized carbons (Fsp3) is 0.333. The van der Waals surface area contributed by atoms with Crippen molar-refractivity contribution in [2.24, 2.45) is 0 Å². The van der Waals surface area contributed by atoms with Gasteiger partial charge in [-0.15, -0.1) is 0 Å². The zero-order valence-corrected chi connectivity index (χ0v) is 10.2. The third-order valence-corrected chi connectivity index (χ3v) is 2.77. The highest BCUT2D eigenvalue weighted by atomic mass is 16.6. The fourth-order valence-corrected chi connectivity index (χ4v) is 1.61. The van der Waals surface area contributed by atoms with E-state index in [1.165, 1.54) is 19.2 Å². The van der Waals surface area contributed by atoms with Gasteiger partial charge in [-0.25, -0.2) is 4.79 Å². The number of nitrogens with one attached hydrogen (secondary N) is 1. The number of hydrogen-bond donors (Lipinski definition) is 1. The number of benzene rings is 1. The van der Waals surface area contributed by atoms with Crippen molar-refractivity contribution in [3.8, 4) is 0 Å². The van der Waals surface area contributed by atoms with Gasteiger partial charge in [0.2, 0.25) is 0 Å². The molecule has 7 nitrogen and oxygen atoms in total. The Hall–Kier alpha value is -2.44. The van der Waals surface area contributed by atoms with Crippen LogP contribution in [0.4, 0.5) is 5.69 Å². The SMILES string of the molecule is COC(=O)c1ccc(C(=O)NC2CC2)c([N+](=O)[O-])c1. The van der Waals surface area contributed by atoms with Gasteiger partial charge in [0.15, 0.2) is 0 Å². The Balaban J connectivity index is 2.34. The number of amides is 1. The molecule has 0 atom stereocenters. The quantitative estimate of drug-likeness (QED) is 0.501. The molecular formula is C12H12N2O5. The lowest BCUT2D eigenvalue weighted by Gasteiger charge is -2.05. The topological polar surface area (TPSA) is 98.5 Å². The van der Waals surface area contributed by atoms with Crippen molar-refractivity contribution in [1.29, 1.82) is 0 Å². The van der Waals surface area contributed by atoms with Crippen molar-refractivity contribution in [2.45, 2.75) is 18.9 Å². The molecule has 19 heavy (non-hydrogen) atoms. The summed E-state index contributed by atoms with van der Waals surface area (Å²) in [7, 11) is 1.18. The summed E-state index contributed by atoms with van der Waals surface area (Å²) in [6, 6.07) is 3.75. The molecule has 1 amide bonds. The number of carbonyl (C=O) groups excluding carboxylic acids is 2. The van der Waals surface area contributed by atoms with Crippen LogP contribution in [0.5, 0.6) is 0 Å². The molecule has 0 bridgehead atoms. The number of esters is 1. The summed E-state index contributed by atoms with van der Waals surface area (Å²) in [5.74, 6) is -1.18. The molecule has 0 aromatic heterocycles. The van der Waals surface area contributed by atoms with Gasteiger partial charge in [-0.2, -0.15) is 0 Å². The van der Waals surface area contributed by atoms with Gasteiger partial charge in [0.1, 0.15) is 5.56 Å². The van der Waals surface area contributed by atoms with Gasteiger partial charge in [-0.05, 0) is 25.0 Å². The van der Waals surface area contributed by atoms with Crippen molar-refractivity contribution >= 4 is 17.6 Å². The molecule has 1 aromatic rings. The average molecular weight is 264 g/mol. The first kappa shape index (κ1) is 13.0. The Labute approximate surface area is 108 Å². The van der Waals surface area contributed by atoms with E-state index >= 15 is 0 Å². The molecule has 0 aliphatic heterocycles. The van der Waals surface area contributed by atoms with Gasteiger partial charge in [0.05, 0.1) is 17.6 Å². The number of hydrogen-bond acceptors (Lipinski definition) is 5. The Morgan fingerprint density at radius 1 is 1.42 bits per heavy atom. The van der Waals surface area contributed by atoms with Crippen molar-refractivity contribution in [1.82, 2.24) is 5.32 Å². The van der Waals surface area contributed by atoms with Crippen LogP contribution in [0.1, 0.15) is 33.6 Å². The molecule has 0 saturated heterocycles. The molecule has 1 aromatic carbocycles. The van der Waals surface area contributed by atoms with Gasteiger partial charge >= 0.3 is 5.97 Å². The van der Waals surface area contributed by atoms with Crippen molar-refractivity contribution in [2.75, 3.05) is 7.11 Å². The third-order valence-electron chi connectivity index (χ3n) is 2.77. The second-order valence-electron chi connectivity index (χ2n) is 4.23. The summed E-state index contributed by atoms with van der Waals surface area (Å²) in [6.45, 7) is 0. The lowest BCUT2D eigenvalue weighted by molar-refractivity contribution is -0.385. The van der Waals surface area contributed by atoms with Crippen molar-refractivity contribution in [3.63, 3.8) is 0 Å². The maximum Gasteiger partial charge on any atom is 0.338 e.